The Morgan fingerprint density at radius 3 is 2.58 bits per heavy atom. The number of nitro groups is 1. The second kappa shape index (κ2) is 7.99. The molecule has 0 radical (unpaired) electrons. The maximum atomic E-state index is 10.9. The van der Waals surface area contributed by atoms with Gasteiger partial charge in [0.1, 0.15) is 11.8 Å². The molecule has 0 aliphatic heterocycles. The van der Waals surface area contributed by atoms with Crippen molar-refractivity contribution in [2.45, 2.75) is 6.04 Å². The van der Waals surface area contributed by atoms with Gasteiger partial charge in [0.25, 0.3) is 5.69 Å². The number of hydrogen-bond donors (Lipinski definition) is 2. The Labute approximate surface area is 159 Å². The van der Waals surface area contributed by atoms with Gasteiger partial charge >= 0.3 is 0 Å². The second-order valence-corrected chi connectivity index (χ2v) is 6.19. The van der Waals surface area contributed by atoms with Gasteiger partial charge in [0.2, 0.25) is 0 Å². The first-order valence-electron chi connectivity index (χ1n) is 7.64. The molecule has 2 aromatic carbocycles. The maximum Gasteiger partial charge on any atom is 0.271 e. The van der Waals surface area contributed by atoms with Crippen LogP contribution in [-0.4, -0.2) is 10.0 Å². The fourth-order valence-electron chi connectivity index (χ4n) is 2.43. The number of anilines is 1. The number of nitrogens with one attached hydrogen (secondary N) is 2. The van der Waals surface area contributed by atoms with Gasteiger partial charge in [-0.05, 0) is 36.0 Å². The standard InChI is InChI=1S/C18H14ClN3O3S/c19-14-9-8-13(22(23)24)11-15(14)20-18(26)21-17(16-7-4-10-25-16)12-5-2-1-3-6-12/h1-11,17H,(H2,20,21,26)/t17-/m1/s1. The molecule has 6 nitrogen and oxygen atoms in total. The minimum Gasteiger partial charge on any atom is -0.467 e. The zero-order valence-corrected chi connectivity index (χ0v) is 15.0. The van der Waals surface area contributed by atoms with E-state index in [1.165, 1.54) is 18.2 Å². The van der Waals surface area contributed by atoms with Crippen LogP contribution in [0.5, 0.6) is 0 Å². The van der Waals surface area contributed by atoms with Crippen LogP contribution in [0.3, 0.4) is 0 Å². The molecule has 3 rings (SSSR count). The first kappa shape index (κ1) is 17.9. The van der Waals surface area contributed by atoms with Gasteiger partial charge in [0, 0.05) is 12.1 Å². The summed E-state index contributed by atoms with van der Waals surface area (Å²) in [5.41, 5.74) is 1.23. The van der Waals surface area contributed by atoms with Crippen LogP contribution < -0.4 is 10.6 Å². The average Bonchev–Trinajstić information content (AvgIpc) is 3.16. The highest BCUT2D eigenvalue weighted by Crippen LogP contribution is 2.27. The third-order valence-corrected chi connectivity index (χ3v) is 4.19. The molecule has 0 fully saturated rings. The number of halogens is 1. The average molecular weight is 388 g/mol. The molecule has 8 heteroatoms. The van der Waals surface area contributed by atoms with Crippen molar-refractivity contribution in [1.29, 1.82) is 0 Å². The Morgan fingerprint density at radius 2 is 1.92 bits per heavy atom. The van der Waals surface area contributed by atoms with E-state index in [9.17, 15) is 10.1 Å². The Morgan fingerprint density at radius 1 is 1.15 bits per heavy atom. The van der Waals surface area contributed by atoms with E-state index in [2.05, 4.69) is 10.6 Å². The Bertz CT molecular complexity index is 917. The SMILES string of the molecule is O=[N+]([O-])c1ccc(Cl)c(NC(=S)N[C@H](c2ccccc2)c2ccco2)c1. The van der Waals surface area contributed by atoms with Gasteiger partial charge in [-0.1, -0.05) is 41.9 Å². The van der Waals surface area contributed by atoms with Gasteiger partial charge in [0.05, 0.1) is 21.9 Å². The quantitative estimate of drug-likeness (QED) is 0.367. The molecule has 26 heavy (non-hydrogen) atoms. The summed E-state index contributed by atoms with van der Waals surface area (Å²) in [5.74, 6) is 0.686. The molecule has 2 N–H and O–H groups in total. The van der Waals surface area contributed by atoms with E-state index >= 15 is 0 Å². The molecule has 0 saturated carbocycles. The van der Waals surface area contributed by atoms with Crippen molar-refractivity contribution in [3.63, 3.8) is 0 Å². The molecule has 0 spiro atoms. The van der Waals surface area contributed by atoms with Crippen LogP contribution in [0.25, 0.3) is 0 Å². The minimum atomic E-state index is -0.492. The maximum absolute atomic E-state index is 10.9. The molecule has 0 aliphatic rings. The van der Waals surface area contributed by atoms with Crippen molar-refractivity contribution in [3.05, 3.63) is 93.4 Å². The van der Waals surface area contributed by atoms with E-state index in [1.54, 1.807) is 12.3 Å². The molecule has 0 bridgehead atoms. The number of thiocarbonyl (C=S) groups is 1. The van der Waals surface area contributed by atoms with E-state index in [1.807, 2.05) is 36.4 Å². The highest BCUT2D eigenvalue weighted by molar-refractivity contribution is 7.80. The smallest absolute Gasteiger partial charge is 0.271 e. The predicted molar refractivity (Wildman–Crippen MR) is 104 cm³/mol. The van der Waals surface area contributed by atoms with Gasteiger partial charge < -0.3 is 15.1 Å². The summed E-state index contributed by atoms with van der Waals surface area (Å²) in [6.07, 6.45) is 1.58. The lowest BCUT2D eigenvalue weighted by Crippen LogP contribution is -2.32. The monoisotopic (exact) mass is 387 g/mol. The number of non-ortho nitro benzene ring substituents is 1. The summed E-state index contributed by atoms with van der Waals surface area (Å²) in [6, 6.07) is 17.1. The molecule has 132 valence electrons. The summed E-state index contributed by atoms with van der Waals surface area (Å²) >= 11 is 11.5. The lowest BCUT2D eigenvalue weighted by atomic mass is 10.1. The van der Waals surface area contributed by atoms with E-state index in [0.717, 1.165) is 5.56 Å². The van der Waals surface area contributed by atoms with Gasteiger partial charge in [-0.2, -0.15) is 0 Å². The third kappa shape index (κ3) is 4.19. The normalized spacial score (nSPS) is 11.6. The molecule has 1 heterocycles. The van der Waals surface area contributed by atoms with E-state index in [4.69, 9.17) is 28.2 Å². The zero-order valence-electron chi connectivity index (χ0n) is 13.4. The van der Waals surface area contributed by atoms with Gasteiger partial charge in [-0.3, -0.25) is 10.1 Å². The number of rotatable bonds is 5. The number of hydrogen-bond acceptors (Lipinski definition) is 4. The fraction of sp³-hybridized carbons (Fsp3) is 0.0556. The van der Waals surface area contributed by atoms with Crippen LogP contribution in [0.4, 0.5) is 11.4 Å². The first-order valence-corrected chi connectivity index (χ1v) is 8.43. The number of nitro benzene ring substituents is 1. The molecule has 1 atom stereocenters. The van der Waals surface area contributed by atoms with Crippen molar-refractivity contribution in [2.24, 2.45) is 0 Å². The molecule has 3 aromatic rings. The van der Waals surface area contributed by atoms with Crippen LogP contribution in [0.1, 0.15) is 17.4 Å². The van der Waals surface area contributed by atoms with Crippen LogP contribution in [-0.2, 0) is 0 Å². The van der Waals surface area contributed by atoms with E-state index in [0.29, 0.717) is 16.5 Å². The number of furan rings is 1. The number of nitrogens with zero attached hydrogens (tertiary/aromatic N) is 1. The van der Waals surface area contributed by atoms with Crippen molar-refractivity contribution < 1.29 is 9.34 Å². The molecule has 1 aromatic heterocycles. The highest BCUT2D eigenvalue weighted by atomic mass is 35.5. The molecular weight excluding hydrogens is 374 g/mol. The number of benzene rings is 2. The molecule has 0 unspecified atom stereocenters. The molecule has 0 amide bonds. The van der Waals surface area contributed by atoms with Crippen molar-refractivity contribution >= 4 is 40.3 Å². The molecule has 0 saturated heterocycles. The van der Waals surface area contributed by atoms with Crippen LogP contribution in [0, 0.1) is 10.1 Å². The van der Waals surface area contributed by atoms with Crippen LogP contribution in [0.2, 0.25) is 5.02 Å². The summed E-state index contributed by atoms with van der Waals surface area (Å²) in [6.45, 7) is 0. The van der Waals surface area contributed by atoms with Crippen molar-refractivity contribution in [1.82, 2.24) is 5.32 Å². The predicted octanol–water partition coefficient (Wildman–Crippen LogP) is 4.92. The highest BCUT2D eigenvalue weighted by Gasteiger charge is 2.18. The third-order valence-electron chi connectivity index (χ3n) is 3.65. The lowest BCUT2D eigenvalue weighted by molar-refractivity contribution is -0.384. The fourth-order valence-corrected chi connectivity index (χ4v) is 2.82. The summed E-state index contributed by atoms with van der Waals surface area (Å²) in [4.78, 5) is 10.4. The summed E-state index contributed by atoms with van der Waals surface area (Å²) < 4.78 is 5.51. The Balaban J connectivity index is 1.81. The first-order chi connectivity index (χ1) is 12.5. The Kier molecular flexibility index (Phi) is 5.50. The lowest BCUT2D eigenvalue weighted by Gasteiger charge is -2.20. The van der Waals surface area contributed by atoms with Gasteiger partial charge in [-0.25, -0.2) is 0 Å². The van der Waals surface area contributed by atoms with Gasteiger partial charge in [-0.15, -0.1) is 0 Å². The summed E-state index contributed by atoms with van der Waals surface area (Å²) in [7, 11) is 0. The topological polar surface area (TPSA) is 80.3 Å². The van der Waals surface area contributed by atoms with Crippen LogP contribution >= 0.6 is 23.8 Å². The van der Waals surface area contributed by atoms with Gasteiger partial charge in [0.15, 0.2) is 5.11 Å². The molecule has 0 aliphatic carbocycles. The van der Waals surface area contributed by atoms with E-state index < -0.39 is 4.92 Å². The second-order valence-electron chi connectivity index (χ2n) is 5.38. The van der Waals surface area contributed by atoms with E-state index in [-0.39, 0.29) is 16.8 Å². The zero-order chi connectivity index (χ0) is 18.5. The van der Waals surface area contributed by atoms with Crippen LogP contribution in [0.15, 0.2) is 71.3 Å². The Hall–Kier alpha value is -2.90. The van der Waals surface area contributed by atoms with Crippen molar-refractivity contribution in [2.75, 3.05) is 5.32 Å². The minimum absolute atomic E-state index is 0.0784. The largest absolute Gasteiger partial charge is 0.467 e. The summed E-state index contributed by atoms with van der Waals surface area (Å²) in [5, 5.41) is 17.6. The van der Waals surface area contributed by atoms with Crippen molar-refractivity contribution in [3.8, 4) is 0 Å². The molecular formula is C18H14ClN3O3S.